The maximum atomic E-state index is 12.7. The number of hydrogen-bond acceptors (Lipinski definition) is 1. The van der Waals surface area contributed by atoms with Crippen LogP contribution in [-0.4, -0.2) is 4.98 Å². The van der Waals surface area contributed by atoms with Crippen molar-refractivity contribution in [3.8, 4) is 0 Å². The minimum absolute atomic E-state index is 0.491. The molecule has 0 amide bonds. The number of fused-ring (bicyclic) bond motifs is 1. The summed E-state index contributed by atoms with van der Waals surface area (Å²) >= 11 is 0. The van der Waals surface area contributed by atoms with Gasteiger partial charge in [-0.25, -0.2) is 4.98 Å². The summed E-state index contributed by atoms with van der Waals surface area (Å²) in [7, 11) is 0. The van der Waals surface area contributed by atoms with Crippen molar-refractivity contribution >= 4 is 23.1 Å². The Kier molecular flexibility index (Phi) is 3.67. The van der Waals surface area contributed by atoms with E-state index in [2.05, 4.69) is 4.98 Å². The smallest absolute Gasteiger partial charge is 0.248 e. The number of halogens is 3. The first-order valence-electron chi connectivity index (χ1n) is 6.73. The van der Waals surface area contributed by atoms with Gasteiger partial charge in [-0.2, -0.15) is 13.2 Å². The lowest BCUT2D eigenvalue weighted by Gasteiger charge is -2.06. The average molecular weight is 299 g/mol. The van der Waals surface area contributed by atoms with Crippen molar-refractivity contribution in [3.63, 3.8) is 0 Å². The maximum absolute atomic E-state index is 12.7. The quantitative estimate of drug-likeness (QED) is 0.615. The Hall–Kier alpha value is -2.62. The van der Waals surface area contributed by atoms with Crippen LogP contribution in [0.15, 0.2) is 60.7 Å². The molecule has 0 aliphatic rings. The van der Waals surface area contributed by atoms with Gasteiger partial charge < -0.3 is 0 Å². The zero-order valence-corrected chi connectivity index (χ0v) is 11.5. The van der Waals surface area contributed by atoms with Crippen LogP contribution in [0, 0.1) is 0 Å². The third-order valence-electron chi connectivity index (χ3n) is 3.28. The van der Waals surface area contributed by atoms with Crippen LogP contribution >= 0.6 is 0 Å². The normalized spacial score (nSPS) is 12.1. The van der Waals surface area contributed by atoms with Gasteiger partial charge in [0.1, 0.15) is 0 Å². The van der Waals surface area contributed by atoms with E-state index in [1.54, 1.807) is 18.2 Å². The molecule has 1 heterocycles. The highest BCUT2D eigenvalue weighted by molar-refractivity contribution is 5.80. The fourth-order valence-electron chi connectivity index (χ4n) is 2.17. The SMILES string of the molecule is FC(F)(F)c1cccc(C=Cc2ccc3ccccc3n2)c1. The first-order valence-corrected chi connectivity index (χ1v) is 6.73. The molecule has 0 atom stereocenters. The Morgan fingerprint density at radius 2 is 1.64 bits per heavy atom. The van der Waals surface area contributed by atoms with Crippen molar-refractivity contribution in [2.45, 2.75) is 6.18 Å². The number of rotatable bonds is 2. The van der Waals surface area contributed by atoms with Crippen molar-refractivity contribution in [2.24, 2.45) is 0 Å². The lowest BCUT2D eigenvalue weighted by Crippen LogP contribution is -2.04. The molecule has 0 N–H and O–H groups in total. The van der Waals surface area contributed by atoms with Gasteiger partial charge in [0.15, 0.2) is 0 Å². The predicted molar refractivity (Wildman–Crippen MR) is 82.1 cm³/mol. The molecular weight excluding hydrogens is 287 g/mol. The van der Waals surface area contributed by atoms with E-state index in [1.807, 2.05) is 36.4 Å². The van der Waals surface area contributed by atoms with Crippen LogP contribution in [0.3, 0.4) is 0 Å². The number of benzene rings is 2. The summed E-state index contributed by atoms with van der Waals surface area (Å²) in [5, 5.41) is 1.03. The molecule has 0 fully saturated rings. The fourth-order valence-corrected chi connectivity index (χ4v) is 2.17. The monoisotopic (exact) mass is 299 g/mol. The summed E-state index contributed by atoms with van der Waals surface area (Å²) in [5.41, 5.74) is 1.40. The van der Waals surface area contributed by atoms with E-state index >= 15 is 0 Å². The van der Waals surface area contributed by atoms with Crippen LogP contribution in [0.2, 0.25) is 0 Å². The van der Waals surface area contributed by atoms with E-state index in [-0.39, 0.29) is 0 Å². The Labute approximate surface area is 125 Å². The lowest BCUT2D eigenvalue weighted by molar-refractivity contribution is -0.137. The Morgan fingerprint density at radius 1 is 0.818 bits per heavy atom. The number of hydrogen-bond donors (Lipinski definition) is 0. The van der Waals surface area contributed by atoms with Gasteiger partial charge in [0, 0.05) is 5.39 Å². The first-order chi connectivity index (χ1) is 10.5. The third-order valence-corrected chi connectivity index (χ3v) is 3.28. The molecule has 110 valence electrons. The maximum Gasteiger partial charge on any atom is 0.416 e. The van der Waals surface area contributed by atoms with Crippen molar-refractivity contribution in [2.75, 3.05) is 0 Å². The minimum Gasteiger partial charge on any atom is -0.248 e. The molecule has 22 heavy (non-hydrogen) atoms. The summed E-state index contributed by atoms with van der Waals surface area (Å²) < 4.78 is 38.0. The molecule has 0 aliphatic carbocycles. The zero-order chi connectivity index (χ0) is 15.6. The molecule has 0 aliphatic heterocycles. The summed E-state index contributed by atoms with van der Waals surface area (Å²) in [6.07, 6.45) is -0.987. The fraction of sp³-hybridized carbons (Fsp3) is 0.0556. The van der Waals surface area contributed by atoms with Crippen LogP contribution in [0.5, 0.6) is 0 Å². The van der Waals surface area contributed by atoms with E-state index in [1.165, 1.54) is 6.07 Å². The molecule has 0 spiro atoms. The number of pyridine rings is 1. The van der Waals surface area contributed by atoms with E-state index in [0.29, 0.717) is 11.3 Å². The summed E-state index contributed by atoms with van der Waals surface area (Å²) in [6, 6.07) is 16.7. The first kappa shape index (κ1) is 14.3. The number of para-hydroxylation sites is 1. The van der Waals surface area contributed by atoms with Gasteiger partial charge in [0.25, 0.3) is 0 Å². The summed E-state index contributed by atoms with van der Waals surface area (Å²) in [6.45, 7) is 0. The second kappa shape index (κ2) is 5.64. The van der Waals surface area contributed by atoms with Crippen molar-refractivity contribution in [1.82, 2.24) is 4.98 Å². The van der Waals surface area contributed by atoms with Gasteiger partial charge in [0.2, 0.25) is 0 Å². The highest BCUT2D eigenvalue weighted by Gasteiger charge is 2.30. The molecule has 0 bridgehead atoms. The van der Waals surface area contributed by atoms with Gasteiger partial charge in [-0.1, -0.05) is 42.5 Å². The van der Waals surface area contributed by atoms with E-state index in [0.717, 1.165) is 23.0 Å². The van der Waals surface area contributed by atoms with Crippen molar-refractivity contribution < 1.29 is 13.2 Å². The molecule has 3 aromatic rings. The standard InChI is InChI=1S/C18H12F3N/c19-18(20,21)15-6-3-4-13(12-15)8-10-16-11-9-14-5-1-2-7-17(14)22-16/h1-12H. The highest BCUT2D eigenvalue weighted by atomic mass is 19.4. The molecule has 4 heteroatoms. The summed E-state index contributed by atoms with van der Waals surface area (Å²) in [4.78, 5) is 4.45. The molecule has 1 aromatic heterocycles. The Bertz CT molecular complexity index is 835. The number of aromatic nitrogens is 1. The minimum atomic E-state index is -4.33. The van der Waals surface area contributed by atoms with Crippen LogP contribution < -0.4 is 0 Å². The molecular formula is C18H12F3N. The number of nitrogens with zero attached hydrogens (tertiary/aromatic N) is 1. The topological polar surface area (TPSA) is 12.9 Å². The molecule has 0 unspecified atom stereocenters. The van der Waals surface area contributed by atoms with Gasteiger partial charge in [-0.05, 0) is 35.9 Å². The molecule has 3 rings (SSSR count). The molecule has 0 radical (unpaired) electrons. The molecule has 0 saturated heterocycles. The second-order valence-corrected chi connectivity index (χ2v) is 4.89. The molecule has 0 saturated carbocycles. The summed E-state index contributed by atoms with van der Waals surface area (Å²) in [5.74, 6) is 0. The van der Waals surface area contributed by atoms with Gasteiger partial charge in [-0.3, -0.25) is 0 Å². The van der Waals surface area contributed by atoms with Crippen LogP contribution in [0.4, 0.5) is 13.2 Å². The van der Waals surface area contributed by atoms with Crippen LogP contribution in [0.25, 0.3) is 23.1 Å². The highest BCUT2D eigenvalue weighted by Crippen LogP contribution is 2.29. The zero-order valence-electron chi connectivity index (χ0n) is 11.5. The predicted octanol–water partition coefficient (Wildman–Crippen LogP) is 5.42. The van der Waals surface area contributed by atoms with Crippen molar-refractivity contribution in [3.05, 3.63) is 77.5 Å². The van der Waals surface area contributed by atoms with Crippen LogP contribution in [0.1, 0.15) is 16.8 Å². The molecule has 2 aromatic carbocycles. The largest absolute Gasteiger partial charge is 0.416 e. The number of alkyl halides is 3. The lowest BCUT2D eigenvalue weighted by atomic mass is 10.1. The average Bonchev–Trinajstić information content (AvgIpc) is 2.52. The van der Waals surface area contributed by atoms with E-state index < -0.39 is 11.7 Å². The van der Waals surface area contributed by atoms with E-state index in [4.69, 9.17) is 0 Å². The van der Waals surface area contributed by atoms with E-state index in [9.17, 15) is 13.2 Å². The molecule has 1 nitrogen and oxygen atoms in total. The van der Waals surface area contributed by atoms with Gasteiger partial charge >= 0.3 is 6.18 Å². The van der Waals surface area contributed by atoms with Gasteiger partial charge in [0.05, 0.1) is 16.8 Å². The second-order valence-electron chi connectivity index (χ2n) is 4.89. The van der Waals surface area contributed by atoms with Crippen molar-refractivity contribution in [1.29, 1.82) is 0 Å². The van der Waals surface area contributed by atoms with Crippen LogP contribution in [-0.2, 0) is 6.18 Å². The Balaban J connectivity index is 1.89. The third kappa shape index (κ3) is 3.17. The van der Waals surface area contributed by atoms with Gasteiger partial charge in [-0.15, -0.1) is 0 Å². The Morgan fingerprint density at radius 3 is 2.45 bits per heavy atom.